The van der Waals surface area contributed by atoms with E-state index in [-0.39, 0.29) is 24.2 Å². The minimum absolute atomic E-state index is 0.106. The van der Waals surface area contributed by atoms with Crippen molar-refractivity contribution in [3.8, 4) is 10.4 Å². The highest BCUT2D eigenvalue weighted by atomic mass is 32.2. The standard InChI is InChI=1S/C18H22FNO4S2/c1-13(2)20(8-9-26(23,24)12-18(21)22)11-16-6-7-17(25-16)14-4-3-5-15(19)10-14/h3-7,10,13H,8-9,11-12H2,1-2H3,(H,21,22). The van der Waals surface area contributed by atoms with E-state index in [0.29, 0.717) is 6.54 Å². The Labute approximate surface area is 157 Å². The molecule has 0 fully saturated rings. The fraction of sp³-hybridized carbons (Fsp3) is 0.389. The van der Waals surface area contributed by atoms with Crippen LogP contribution in [0.25, 0.3) is 10.4 Å². The van der Waals surface area contributed by atoms with Gasteiger partial charge in [0.05, 0.1) is 5.75 Å². The summed E-state index contributed by atoms with van der Waals surface area (Å²) in [5.74, 6) is -2.66. The van der Waals surface area contributed by atoms with Crippen LogP contribution in [0.4, 0.5) is 4.39 Å². The van der Waals surface area contributed by atoms with Crippen molar-refractivity contribution in [2.24, 2.45) is 0 Å². The van der Waals surface area contributed by atoms with E-state index in [1.807, 2.05) is 36.9 Å². The van der Waals surface area contributed by atoms with Crippen molar-refractivity contribution in [3.05, 3.63) is 47.1 Å². The molecule has 0 atom stereocenters. The van der Waals surface area contributed by atoms with Gasteiger partial charge in [-0.05, 0) is 43.7 Å². The molecule has 0 amide bonds. The number of hydrogen-bond acceptors (Lipinski definition) is 5. The van der Waals surface area contributed by atoms with Gasteiger partial charge in [-0.15, -0.1) is 11.3 Å². The van der Waals surface area contributed by atoms with Gasteiger partial charge in [-0.2, -0.15) is 0 Å². The van der Waals surface area contributed by atoms with Gasteiger partial charge in [-0.3, -0.25) is 9.69 Å². The molecule has 142 valence electrons. The molecule has 0 radical (unpaired) electrons. The second-order valence-corrected chi connectivity index (χ2v) is 9.68. The minimum atomic E-state index is -3.62. The van der Waals surface area contributed by atoms with Crippen LogP contribution >= 0.6 is 11.3 Å². The Bertz CT molecular complexity index is 862. The number of sulfone groups is 1. The molecule has 1 N–H and O–H groups in total. The third-order valence-corrected chi connectivity index (χ3v) is 6.50. The van der Waals surface area contributed by atoms with E-state index in [4.69, 9.17) is 5.11 Å². The van der Waals surface area contributed by atoms with E-state index < -0.39 is 21.6 Å². The van der Waals surface area contributed by atoms with Crippen LogP contribution in [-0.4, -0.2) is 48.5 Å². The summed E-state index contributed by atoms with van der Waals surface area (Å²) in [7, 11) is -3.62. The molecule has 0 saturated carbocycles. The number of carboxylic acid groups (broad SMARTS) is 1. The van der Waals surface area contributed by atoms with Crippen LogP contribution in [-0.2, 0) is 21.2 Å². The molecule has 0 aliphatic heterocycles. The quantitative estimate of drug-likeness (QED) is 0.701. The minimum Gasteiger partial charge on any atom is -0.480 e. The van der Waals surface area contributed by atoms with Gasteiger partial charge < -0.3 is 5.11 Å². The molecule has 0 unspecified atom stereocenters. The average molecular weight is 400 g/mol. The Kier molecular flexibility index (Phi) is 6.91. The van der Waals surface area contributed by atoms with Crippen molar-refractivity contribution in [2.45, 2.75) is 26.4 Å². The normalized spacial score (nSPS) is 12.0. The monoisotopic (exact) mass is 399 g/mol. The Morgan fingerprint density at radius 2 is 2.00 bits per heavy atom. The van der Waals surface area contributed by atoms with Gasteiger partial charge in [0.15, 0.2) is 9.84 Å². The number of benzene rings is 1. The van der Waals surface area contributed by atoms with Crippen molar-refractivity contribution < 1.29 is 22.7 Å². The topological polar surface area (TPSA) is 74.7 Å². The number of aliphatic carboxylic acids is 1. The zero-order chi connectivity index (χ0) is 19.3. The van der Waals surface area contributed by atoms with Crippen LogP contribution in [0, 0.1) is 5.82 Å². The van der Waals surface area contributed by atoms with Crippen LogP contribution in [0.3, 0.4) is 0 Å². The highest BCUT2D eigenvalue weighted by molar-refractivity contribution is 7.92. The molecule has 2 rings (SSSR count). The van der Waals surface area contributed by atoms with Crippen LogP contribution in [0.5, 0.6) is 0 Å². The third-order valence-electron chi connectivity index (χ3n) is 3.89. The number of thiophene rings is 1. The maximum Gasteiger partial charge on any atom is 0.318 e. The van der Waals surface area contributed by atoms with Crippen molar-refractivity contribution in [3.63, 3.8) is 0 Å². The summed E-state index contributed by atoms with van der Waals surface area (Å²) in [5, 5.41) is 8.67. The zero-order valence-electron chi connectivity index (χ0n) is 14.7. The van der Waals surface area contributed by atoms with E-state index in [2.05, 4.69) is 0 Å². The number of rotatable bonds is 9. The van der Waals surface area contributed by atoms with E-state index >= 15 is 0 Å². The van der Waals surface area contributed by atoms with Crippen LogP contribution in [0.1, 0.15) is 18.7 Å². The fourth-order valence-electron chi connectivity index (χ4n) is 2.50. The fourth-order valence-corrected chi connectivity index (χ4v) is 4.56. The molecule has 1 heterocycles. The Hall–Kier alpha value is -1.77. The first-order chi connectivity index (χ1) is 12.2. The number of halogens is 1. The largest absolute Gasteiger partial charge is 0.480 e. The zero-order valence-corrected chi connectivity index (χ0v) is 16.3. The number of carboxylic acids is 1. The highest BCUT2D eigenvalue weighted by Crippen LogP contribution is 2.29. The summed E-state index contributed by atoms with van der Waals surface area (Å²) < 4.78 is 37.0. The van der Waals surface area contributed by atoms with E-state index in [1.165, 1.54) is 23.5 Å². The Morgan fingerprint density at radius 3 is 2.62 bits per heavy atom. The van der Waals surface area contributed by atoms with Gasteiger partial charge in [0, 0.05) is 28.9 Å². The summed E-state index contributed by atoms with van der Waals surface area (Å²) in [6.45, 7) is 4.75. The molecule has 8 heteroatoms. The second kappa shape index (κ2) is 8.75. The molecule has 1 aromatic heterocycles. The predicted molar refractivity (Wildman–Crippen MR) is 102 cm³/mol. The summed E-state index contributed by atoms with van der Waals surface area (Å²) in [6, 6.07) is 10.4. The molecule has 5 nitrogen and oxygen atoms in total. The number of carbonyl (C=O) groups is 1. The van der Waals surface area contributed by atoms with Crippen LogP contribution in [0.15, 0.2) is 36.4 Å². The molecule has 0 bridgehead atoms. The lowest BCUT2D eigenvalue weighted by Crippen LogP contribution is -2.35. The first kappa shape index (κ1) is 20.5. The molecule has 0 aliphatic rings. The third kappa shape index (κ3) is 6.19. The molecule has 1 aromatic carbocycles. The van der Waals surface area contributed by atoms with Gasteiger partial charge >= 0.3 is 5.97 Å². The van der Waals surface area contributed by atoms with Gasteiger partial charge in [0.1, 0.15) is 11.6 Å². The summed E-state index contributed by atoms with van der Waals surface area (Å²) >= 11 is 1.53. The van der Waals surface area contributed by atoms with E-state index in [1.54, 1.807) is 6.07 Å². The maximum absolute atomic E-state index is 13.4. The van der Waals surface area contributed by atoms with E-state index in [0.717, 1.165) is 15.3 Å². The summed E-state index contributed by atoms with van der Waals surface area (Å²) in [4.78, 5) is 14.6. The molecule has 2 aromatic rings. The van der Waals surface area contributed by atoms with Gasteiger partial charge in [-0.1, -0.05) is 12.1 Å². The molecular weight excluding hydrogens is 377 g/mol. The molecule has 0 aliphatic carbocycles. The first-order valence-corrected chi connectivity index (χ1v) is 10.8. The SMILES string of the molecule is CC(C)N(CCS(=O)(=O)CC(=O)O)Cc1ccc(-c2cccc(F)c2)s1. The van der Waals surface area contributed by atoms with E-state index in [9.17, 15) is 17.6 Å². The Balaban J connectivity index is 2.05. The lowest BCUT2D eigenvalue weighted by Gasteiger charge is -2.25. The van der Waals surface area contributed by atoms with Gasteiger partial charge in [-0.25, -0.2) is 12.8 Å². The van der Waals surface area contributed by atoms with Gasteiger partial charge in [0.25, 0.3) is 0 Å². The molecule has 0 saturated heterocycles. The smallest absolute Gasteiger partial charge is 0.318 e. The first-order valence-electron chi connectivity index (χ1n) is 8.17. The van der Waals surface area contributed by atoms with Crippen molar-refractivity contribution >= 4 is 27.1 Å². The molecular formula is C18H22FNO4S2. The average Bonchev–Trinajstić information content (AvgIpc) is 2.98. The summed E-state index contributed by atoms with van der Waals surface area (Å²) in [5.41, 5.74) is 0.807. The van der Waals surface area contributed by atoms with Crippen LogP contribution < -0.4 is 0 Å². The van der Waals surface area contributed by atoms with Crippen LogP contribution in [0.2, 0.25) is 0 Å². The molecule has 0 spiro atoms. The number of nitrogens with zero attached hydrogens (tertiary/aromatic N) is 1. The predicted octanol–water partition coefficient (Wildman–Crippen LogP) is 3.26. The molecule has 26 heavy (non-hydrogen) atoms. The maximum atomic E-state index is 13.4. The van der Waals surface area contributed by atoms with Crippen molar-refractivity contribution in [1.82, 2.24) is 4.90 Å². The number of hydrogen-bond donors (Lipinski definition) is 1. The summed E-state index contributed by atoms with van der Waals surface area (Å²) in [6.07, 6.45) is 0. The van der Waals surface area contributed by atoms with Crippen molar-refractivity contribution in [2.75, 3.05) is 18.1 Å². The lowest BCUT2D eigenvalue weighted by molar-refractivity contribution is -0.134. The lowest BCUT2D eigenvalue weighted by atomic mass is 10.2. The second-order valence-electron chi connectivity index (χ2n) is 6.33. The van der Waals surface area contributed by atoms with Crippen molar-refractivity contribution in [1.29, 1.82) is 0 Å². The van der Waals surface area contributed by atoms with Gasteiger partial charge in [0.2, 0.25) is 0 Å². The Morgan fingerprint density at radius 1 is 1.27 bits per heavy atom. The highest BCUT2D eigenvalue weighted by Gasteiger charge is 2.19.